The van der Waals surface area contributed by atoms with Gasteiger partial charge in [-0.1, -0.05) is 30.3 Å². The van der Waals surface area contributed by atoms with Crippen molar-refractivity contribution in [3.63, 3.8) is 0 Å². The Hall–Kier alpha value is -2.95. The highest BCUT2D eigenvalue weighted by Crippen LogP contribution is 2.32. The fourth-order valence-corrected chi connectivity index (χ4v) is 2.17. The lowest BCUT2D eigenvalue weighted by molar-refractivity contribution is 0.0996. The van der Waals surface area contributed by atoms with Gasteiger partial charge in [0.1, 0.15) is 5.69 Å². The quantitative estimate of drug-likeness (QED) is 0.760. The van der Waals surface area contributed by atoms with E-state index >= 15 is 0 Å². The van der Waals surface area contributed by atoms with Crippen LogP contribution in [0.25, 0.3) is 22.4 Å². The number of rotatable bonds is 3. The Labute approximate surface area is 115 Å². The number of nitrogens with zero attached hydrogens (tertiary/aromatic N) is 2. The summed E-state index contributed by atoms with van der Waals surface area (Å²) in [6.07, 6.45) is 4.86. The number of carbonyl (C=O) groups is 1. The highest BCUT2D eigenvalue weighted by atomic mass is 16.1. The van der Waals surface area contributed by atoms with E-state index in [1.807, 2.05) is 36.4 Å². The highest BCUT2D eigenvalue weighted by Gasteiger charge is 2.17. The second-order valence-corrected chi connectivity index (χ2v) is 4.28. The van der Waals surface area contributed by atoms with Crippen LogP contribution in [0.1, 0.15) is 10.5 Å². The molecule has 1 amide bonds. The summed E-state index contributed by atoms with van der Waals surface area (Å²) in [6, 6.07) is 11.4. The molecule has 2 heterocycles. The van der Waals surface area contributed by atoms with Crippen LogP contribution in [0.3, 0.4) is 0 Å². The van der Waals surface area contributed by atoms with Gasteiger partial charge >= 0.3 is 0 Å². The molecule has 0 saturated heterocycles. The monoisotopic (exact) mass is 264 g/mol. The molecule has 3 aromatic rings. The highest BCUT2D eigenvalue weighted by molar-refractivity contribution is 6.01. The van der Waals surface area contributed by atoms with Gasteiger partial charge < -0.3 is 10.7 Å². The molecule has 0 aliphatic rings. The lowest BCUT2D eigenvalue weighted by atomic mass is 9.96. The normalized spacial score (nSPS) is 10.4. The van der Waals surface area contributed by atoms with Gasteiger partial charge in [-0.2, -0.15) is 0 Å². The molecule has 0 saturated carbocycles. The largest absolute Gasteiger partial charge is 0.364 e. The van der Waals surface area contributed by atoms with Crippen molar-refractivity contribution in [3.05, 3.63) is 60.8 Å². The van der Waals surface area contributed by atoms with Crippen molar-refractivity contribution in [2.24, 2.45) is 5.73 Å². The first kappa shape index (κ1) is 12.1. The van der Waals surface area contributed by atoms with Crippen molar-refractivity contribution in [1.82, 2.24) is 15.0 Å². The Kier molecular flexibility index (Phi) is 3.01. The zero-order chi connectivity index (χ0) is 13.9. The van der Waals surface area contributed by atoms with Crippen molar-refractivity contribution in [1.29, 1.82) is 0 Å². The Morgan fingerprint density at radius 1 is 1.15 bits per heavy atom. The van der Waals surface area contributed by atoms with Crippen LogP contribution in [0.4, 0.5) is 0 Å². The third-order valence-corrected chi connectivity index (χ3v) is 3.04. The summed E-state index contributed by atoms with van der Waals surface area (Å²) in [5.74, 6) is -0.551. The number of hydrogen-bond acceptors (Lipinski definition) is 3. The number of nitrogens with one attached hydrogen (secondary N) is 1. The van der Waals surface area contributed by atoms with Crippen LogP contribution in [0.15, 0.2) is 55.1 Å². The second-order valence-electron chi connectivity index (χ2n) is 4.28. The van der Waals surface area contributed by atoms with Gasteiger partial charge in [0.2, 0.25) is 0 Å². The van der Waals surface area contributed by atoms with E-state index in [0.29, 0.717) is 5.56 Å². The Bertz CT molecular complexity index is 736. The van der Waals surface area contributed by atoms with Crippen LogP contribution in [0.5, 0.6) is 0 Å². The van der Waals surface area contributed by atoms with Gasteiger partial charge in [0, 0.05) is 17.3 Å². The first-order valence-corrected chi connectivity index (χ1v) is 6.10. The van der Waals surface area contributed by atoms with E-state index in [2.05, 4.69) is 15.0 Å². The number of primary amides is 1. The molecule has 98 valence electrons. The Morgan fingerprint density at radius 2 is 1.95 bits per heavy atom. The average molecular weight is 264 g/mol. The molecule has 0 aliphatic carbocycles. The third-order valence-electron chi connectivity index (χ3n) is 3.04. The average Bonchev–Trinajstić information content (AvgIpc) is 3.01. The molecule has 5 heteroatoms. The van der Waals surface area contributed by atoms with Gasteiger partial charge in [0.15, 0.2) is 0 Å². The van der Waals surface area contributed by atoms with Crippen LogP contribution in [0, 0.1) is 0 Å². The van der Waals surface area contributed by atoms with E-state index in [1.54, 1.807) is 18.7 Å². The number of amides is 1. The number of pyridine rings is 1. The molecule has 5 nitrogen and oxygen atoms in total. The smallest absolute Gasteiger partial charge is 0.267 e. The fraction of sp³-hybridized carbons (Fsp3) is 0. The summed E-state index contributed by atoms with van der Waals surface area (Å²) >= 11 is 0. The summed E-state index contributed by atoms with van der Waals surface area (Å²) in [5.41, 5.74) is 8.96. The fourth-order valence-electron chi connectivity index (χ4n) is 2.17. The minimum absolute atomic E-state index is 0.253. The van der Waals surface area contributed by atoms with E-state index in [4.69, 9.17) is 5.73 Å². The maximum Gasteiger partial charge on any atom is 0.267 e. The summed E-state index contributed by atoms with van der Waals surface area (Å²) in [7, 11) is 0. The topological polar surface area (TPSA) is 84.7 Å². The lowest BCUT2D eigenvalue weighted by Gasteiger charge is -2.11. The van der Waals surface area contributed by atoms with Gasteiger partial charge in [0.05, 0.1) is 18.2 Å². The number of carbonyl (C=O) groups excluding carboxylic acids is 1. The summed E-state index contributed by atoms with van der Waals surface area (Å²) in [4.78, 5) is 22.8. The molecular weight excluding hydrogens is 252 g/mol. The number of hydrogen-bond donors (Lipinski definition) is 2. The molecular formula is C15H12N4O. The van der Waals surface area contributed by atoms with E-state index in [-0.39, 0.29) is 5.69 Å². The second kappa shape index (κ2) is 4.97. The molecule has 3 rings (SSSR count). The Morgan fingerprint density at radius 3 is 2.60 bits per heavy atom. The zero-order valence-corrected chi connectivity index (χ0v) is 10.6. The van der Waals surface area contributed by atoms with Gasteiger partial charge in [-0.25, -0.2) is 4.98 Å². The number of H-pyrrole nitrogens is 1. The number of benzene rings is 1. The van der Waals surface area contributed by atoms with E-state index < -0.39 is 5.91 Å². The molecule has 0 radical (unpaired) electrons. The Balaban J connectivity index is 2.31. The van der Waals surface area contributed by atoms with Crippen molar-refractivity contribution >= 4 is 5.91 Å². The maximum absolute atomic E-state index is 11.7. The first-order chi connectivity index (χ1) is 9.77. The molecule has 0 atom stereocenters. The van der Waals surface area contributed by atoms with Gasteiger partial charge in [0.25, 0.3) is 5.91 Å². The van der Waals surface area contributed by atoms with Gasteiger partial charge in [-0.3, -0.25) is 9.78 Å². The number of imidazole rings is 1. The van der Waals surface area contributed by atoms with Crippen molar-refractivity contribution in [2.45, 2.75) is 0 Å². The van der Waals surface area contributed by atoms with Crippen molar-refractivity contribution in [3.8, 4) is 22.4 Å². The third kappa shape index (κ3) is 2.05. The molecule has 3 N–H and O–H groups in total. The van der Waals surface area contributed by atoms with Crippen LogP contribution >= 0.6 is 0 Å². The predicted octanol–water partition coefficient (Wildman–Crippen LogP) is 2.24. The summed E-state index contributed by atoms with van der Waals surface area (Å²) < 4.78 is 0. The first-order valence-electron chi connectivity index (χ1n) is 6.10. The minimum Gasteiger partial charge on any atom is -0.364 e. The standard InChI is InChI=1S/C15H12N4O/c16-15(20)14-13(10-4-2-1-3-5-10)11(6-7-18-14)12-8-17-9-19-12/h1-9H,(H2,16,20)(H,17,19). The van der Waals surface area contributed by atoms with Crippen LogP contribution in [0.2, 0.25) is 0 Å². The zero-order valence-electron chi connectivity index (χ0n) is 10.6. The van der Waals surface area contributed by atoms with Crippen LogP contribution in [-0.2, 0) is 0 Å². The van der Waals surface area contributed by atoms with E-state index in [9.17, 15) is 4.79 Å². The number of nitrogens with two attached hydrogens (primary N) is 1. The molecule has 0 aliphatic heterocycles. The molecule has 20 heavy (non-hydrogen) atoms. The summed E-state index contributed by atoms with van der Waals surface area (Å²) in [6.45, 7) is 0. The molecule has 1 aromatic carbocycles. The van der Waals surface area contributed by atoms with Crippen LogP contribution < -0.4 is 5.73 Å². The molecule has 0 spiro atoms. The SMILES string of the molecule is NC(=O)c1nccc(-c2cnc[nH]2)c1-c1ccccc1. The minimum atomic E-state index is -0.551. The maximum atomic E-state index is 11.7. The number of aromatic nitrogens is 3. The molecule has 2 aromatic heterocycles. The summed E-state index contributed by atoms with van der Waals surface area (Å²) in [5, 5.41) is 0. The van der Waals surface area contributed by atoms with Gasteiger partial charge in [-0.05, 0) is 11.6 Å². The molecule has 0 bridgehead atoms. The van der Waals surface area contributed by atoms with Crippen molar-refractivity contribution in [2.75, 3.05) is 0 Å². The lowest BCUT2D eigenvalue weighted by Crippen LogP contribution is -2.15. The molecule has 0 fully saturated rings. The van der Waals surface area contributed by atoms with Gasteiger partial charge in [-0.15, -0.1) is 0 Å². The van der Waals surface area contributed by atoms with E-state index in [0.717, 1.165) is 16.8 Å². The van der Waals surface area contributed by atoms with E-state index in [1.165, 1.54) is 0 Å². The number of aromatic amines is 1. The van der Waals surface area contributed by atoms with Crippen molar-refractivity contribution < 1.29 is 4.79 Å². The van der Waals surface area contributed by atoms with Crippen LogP contribution in [-0.4, -0.2) is 20.9 Å². The predicted molar refractivity (Wildman–Crippen MR) is 75.8 cm³/mol. The molecule has 0 unspecified atom stereocenters.